The van der Waals surface area contributed by atoms with Crippen LogP contribution in [0.5, 0.6) is 0 Å². The molecule has 1 aliphatic carbocycles. The second kappa shape index (κ2) is 12.5. The Morgan fingerprint density at radius 3 is 2.30 bits per heavy atom. The Hall–Kier alpha value is -1.90. The molecule has 27 heavy (non-hydrogen) atoms. The number of aryl methyl sites for hydroxylation is 1. The molecule has 148 valence electrons. The number of nitrogens with one attached hydrogen (secondary N) is 1. The van der Waals surface area contributed by atoms with Crippen molar-refractivity contribution in [2.75, 3.05) is 7.05 Å². The van der Waals surface area contributed by atoms with Gasteiger partial charge in [-0.2, -0.15) is 0 Å². The van der Waals surface area contributed by atoms with E-state index in [1.807, 2.05) is 0 Å². The summed E-state index contributed by atoms with van der Waals surface area (Å²) in [5, 5.41) is 2.66. The van der Waals surface area contributed by atoms with E-state index < -0.39 is 0 Å². The highest BCUT2D eigenvalue weighted by Gasteiger charge is 2.21. The van der Waals surface area contributed by atoms with Crippen molar-refractivity contribution in [3.63, 3.8) is 0 Å². The minimum absolute atomic E-state index is 0.123. The first-order valence-corrected chi connectivity index (χ1v) is 10.7. The maximum absolute atomic E-state index is 12.2. The number of unbranched alkanes of at least 4 members (excludes halogenated alkanes) is 5. The molecule has 0 unspecified atom stereocenters. The fraction of sp³-hybridized carbons (Fsp3) is 0.583. The average Bonchev–Trinajstić information content (AvgIpc) is 3.04. The molecule has 1 N–H and O–H groups in total. The molecular weight excluding hydrogens is 334 g/mol. The Morgan fingerprint density at radius 1 is 0.852 bits per heavy atom. The zero-order valence-corrected chi connectivity index (χ0v) is 16.9. The van der Waals surface area contributed by atoms with Gasteiger partial charge in [0.05, 0.1) is 0 Å². The zero-order chi connectivity index (χ0) is 19.3. The van der Waals surface area contributed by atoms with Gasteiger partial charge in [0.2, 0.25) is 5.91 Å². The third-order valence-electron chi connectivity index (χ3n) is 5.56. The van der Waals surface area contributed by atoms with E-state index in [2.05, 4.69) is 35.6 Å². The summed E-state index contributed by atoms with van der Waals surface area (Å²) in [6, 6.07) is 10.7. The number of amides is 1. The van der Waals surface area contributed by atoms with Gasteiger partial charge in [0, 0.05) is 19.9 Å². The van der Waals surface area contributed by atoms with Crippen molar-refractivity contribution in [2.45, 2.75) is 83.5 Å². The molecule has 0 aliphatic heterocycles. The predicted octanol–water partition coefficient (Wildman–Crippen LogP) is 5.54. The lowest BCUT2D eigenvalue weighted by atomic mass is 9.98. The molecule has 0 heterocycles. The summed E-state index contributed by atoms with van der Waals surface area (Å²) >= 11 is 0. The Balaban J connectivity index is 1.62. The summed E-state index contributed by atoms with van der Waals surface area (Å²) in [4.78, 5) is 23.4. The maximum atomic E-state index is 12.2. The minimum atomic E-state index is 0.123. The average molecular weight is 370 g/mol. The summed E-state index contributed by atoms with van der Waals surface area (Å²) in [5.41, 5.74) is 4.00. The molecule has 0 saturated heterocycles. The van der Waals surface area contributed by atoms with E-state index >= 15 is 0 Å². The second-order valence-electron chi connectivity index (χ2n) is 7.64. The molecule has 0 atom stereocenters. The van der Waals surface area contributed by atoms with E-state index in [1.165, 1.54) is 30.4 Å². The second-order valence-corrected chi connectivity index (χ2v) is 7.64. The Morgan fingerprint density at radius 2 is 1.52 bits per heavy atom. The Bertz CT molecular complexity index is 619. The smallest absolute Gasteiger partial charge is 0.219 e. The van der Waals surface area contributed by atoms with Gasteiger partial charge in [0.15, 0.2) is 5.78 Å². The molecular formula is C24H35NO2. The third kappa shape index (κ3) is 8.11. The van der Waals surface area contributed by atoms with Crippen molar-refractivity contribution < 1.29 is 9.59 Å². The fourth-order valence-electron chi connectivity index (χ4n) is 3.91. The minimum Gasteiger partial charge on any atom is -0.359 e. The Labute approximate surface area is 164 Å². The number of allylic oxidation sites excluding steroid dienone is 2. The molecule has 1 aromatic rings. The monoisotopic (exact) mass is 369 g/mol. The van der Waals surface area contributed by atoms with Crippen LogP contribution < -0.4 is 5.32 Å². The van der Waals surface area contributed by atoms with E-state index in [4.69, 9.17) is 0 Å². The van der Waals surface area contributed by atoms with Crippen LogP contribution in [0.25, 0.3) is 0 Å². The number of hydrogen-bond acceptors (Lipinski definition) is 2. The van der Waals surface area contributed by atoms with Crippen LogP contribution in [0.2, 0.25) is 0 Å². The highest BCUT2D eigenvalue weighted by atomic mass is 16.1. The lowest BCUT2D eigenvalue weighted by Gasteiger charge is -2.07. The highest BCUT2D eigenvalue weighted by Crippen LogP contribution is 2.31. The SMILES string of the molecule is CNC(=O)CCCCCCC1=C(CCCCCc2ccccc2)CCC1=O. The van der Waals surface area contributed by atoms with Crippen molar-refractivity contribution in [1.82, 2.24) is 5.32 Å². The van der Waals surface area contributed by atoms with Crippen molar-refractivity contribution in [3.05, 3.63) is 47.0 Å². The molecule has 0 fully saturated rings. The molecule has 0 bridgehead atoms. The molecule has 2 rings (SSSR count). The number of benzene rings is 1. The lowest BCUT2D eigenvalue weighted by Crippen LogP contribution is -2.16. The largest absolute Gasteiger partial charge is 0.359 e. The topological polar surface area (TPSA) is 46.2 Å². The molecule has 1 amide bonds. The summed E-state index contributed by atoms with van der Waals surface area (Å²) in [6.07, 6.45) is 13.4. The summed E-state index contributed by atoms with van der Waals surface area (Å²) < 4.78 is 0. The molecule has 1 aliphatic rings. The van der Waals surface area contributed by atoms with Gasteiger partial charge in [0.25, 0.3) is 0 Å². The van der Waals surface area contributed by atoms with Crippen LogP contribution in [-0.4, -0.2) is 18.7 Å². The fourth-order valence-corrected chi connectivity index (χ4v) is 3.91. The van der Waals surface area contributed by atoms with Gasteiger partial charge in [-0.1, -0.05) is 55.2 Å². The predicted molar refractivity (Wildman–Crippen MR) is 112 cm³/mol. The van der Waals surface area contributed by atoms with E-state index in [1.54, 1.807) is 7.05 Å². The normalized spacial score (nSPS) is 14.0. The van der Waals surface area contributed by atoms with E-state index in [-0.39, 0.29) is 5.91 Å². The van der Waals surface area contributed by atoms with Crippen LogP contribution >= 0.6 is 0 Å². The quantitative estimate of drug-likeness (QED) is 0.464. The number of carbonyl (C=O) groups excluding carboxylic acids is 2. The Kier molecular flexibility index (Phi) is 9.89. The first kappa shape index (κ1) is 21.4. The third-order valence-corrected chi connectivity index (χ3v) is 5.56. The van der Waals surface area contributed by atoms with Crippen LogP contribution in [0.3, 0.4) is 0 Å². The van der Waals surface area contributed by atoms with Gasteiger partial charge in [-0.25, -0.2) is 0 Å². The molecule has 3 heteroatoms. The van der Waals surface area contributed by atoms with E-state index in [0.717, 1.165) is 63.4 Å². The van der Waals surface area contributed by atoms with Crippen molar-refractivity contribution >= 4 is 11.7 Å². The number of hydrogen-bond donors (Lipinski definition) is 1. The number of rotatable bonds is 13. The number of ketones is 1. The molecule has 0 spiro atoms. The molecule has 0 saturated carbocycles. The molecule has 0 aromatic heterocycles. The first-order chi connectivity index (χ1) is 13.2. The standard InChI is InChI=1S/C24H35NO2/c1-25-24(27)17-11-3-2-10-16-22-21(18-19-23(22)26)15-9-5-8-14-20-12-6-4-7-13-20/h4,6-7,12-13H,2-3,5,8-11,14-19H2,1H3,(H,25,27). The lowest BCUT2D eigenvalue weighted by molar-refractivity contribution is -0.120. The van der Waals surface area contributed by atoms with Crippen molar-refractivity contribution in [3.8, 4) is 0 Å². The zero-order valence-electron chi connectivity index (χ0n) is 16.9. The number of carbonyl (C=O) groups is 2. The van der Waals surface area contributed by atoms with Crippen LogP contribution in [0.4, 0.5) is 0 Å². The maximum Gasteiger partial charge on any atom is 0.219 e. The van der Waals surface area contributed by atoms with Gasteiger partial charge >= 0.3 is 0 Å². The molecule has 1 aromatic carbocycles. The molecule has 3 nitrogen and oxygen atoms in total. The first-order valence-electron chi connectivity index (χ1n) is 10.7. The number of Topliss-reactive ketones (excluding diaryl/α,β-unsaturated/α-hetero) is 1. The summed E-state index contributed by atoms with van der Waals surface area (Å²) in [7, 11) is 1.68. The van der Waals surface area contributed by atoms with Gasteiger partial charge in [-0.3, -0.25) is 9.59 Å². The summed E-state index contributed by atoms with van der Waals surface area (Å²) in [6.45, 7) is 0. The van der Waals surface area contributed by atoms with Crippen LogP contribution in [0.15, 0.2) is 41.5 Å². The van der Waals surface area contributed by atoms with Gasteiger partial charge in [0.1, 0.15) is 0 Å². The highest BCUT2D eigenvalue weighted by molar-refractivity contribution is 5.98. The van der Waals surface area contributed by atoms with Crippen molar-refractivity contribution in [1.29, 1.82) is 0 Å². The van der Waals surface area contributed by atoms with Crippen LogP contribution in [-0.2, 0) is 16.0 Å². The van der Waals surface area contributed by atoms with Gasteiger partial charge in [-0.15, -0.1) is 0 Å². The molecule has 0 radical (unpaired) electrons. The van der Waals surface area contributed by atoms with Crippen LogP contribution in [0, 0.1) is 0 Å². The van der Waals surface area contributed by atoms with E-state index in [0.29, 0.717) is 12.2 Å². The van der Waals surface area contributed by atoms with E-state index in [9.17, 15) is 9.59 Å². The summed E-state index contributed by atoms with van der Waals surface area (Å²) in [5.74, 6) is 0.512. The van der Waals surface area contributed by atoms with Gasteiger partial charge < -0.3 is 5.32 Å². The van der Waals surface area contributed by atoms with Crippen molar-refractivity contribution in [2.24, 2.45) is 0 Å². The van der Waals surface area contributed by atoms with Gasteiger partial charge in [-0.05, 0) is 62.5 Å². The van der Waals surface area contributed by atoms with Crippen LogP contribution in [0.1, 0.15) is 82.6 Å².